The van der Waals surface area contributed by atoms with Crippen LogP contribution in [0, 0.1) is 0 Å². The molecule has 0 atom stereocenters. The van der Waals surface area contributed by atoms with Gasteiger partial charge in [0.2, 0.25) is 0 Å². The lowest BCUT2D eigenvalue weighted by atomic mass is 10.2. The van der Waals surface area contributed by atoms with Crippen molar-refractivity contribution in [3.63, 3.8) is 0 Å². The molecule has 4 nitrogen and oxygen atoms in total. The summed E-state index contributed by atoms with van der Waals surface area (Å²) in [6, 6.07) is 17.5. The van der Waals surface area contributed by atoms with E-state index in [1.165, 1.54) is 0 Å². The highest BCUT2D eigenvalue weighted by molar-refractivity contribution is 5.66. The van der Waals surface area contributed by atoms with Gasteiger partial charge in [0.05, 0.1) is 6.61 Å². The van der Waals surface area contributed by atoms with Gasteiger partial charge in [0.1, 0.15) is 18.1 Å². The summed E-state index contributed by atoms with van der Waals surface area (Å²) in [5, 5.41) is 8.56. The van der Waals surface area contributed by atoms with Crippen molar-refractivity contribution >= 4 is 5.97 Å². The zero-order chi connectivity index (χ0) is 15.6. The van der Waals surface area contributed by atoms with E-state index in [1.54, 1.807) is 0 Å². The Bertz CT molecular complexity index is 581. The van der Waals surface area contributed by atoms with E-state index >= 15 is 0 Å². The van der Waals surface area contributed by atoms with Gasteiger partial charge in [0, 0.05) is 12.5 Å². The van der Waals surface area contributed by atoms with Gasteiger partial charge in [-0.3, -0.25) is 4.79 Å². The van der Waals surface area contributed by atoms with Crippen LogP contribution in [0.1, 0.15) is 24.8 Å². The van der Waals surface area contributed by atoms with Crippen molar-refractivity contribution in [2.45, 2.75) is 25.9 Å². The average Bonchev–Trinajstić information content (AvgIpc) is 2.54. The molecule has 0 unspecified atom stereocenters. The zero-order valence-corrected chi connectivity index (χ0v) is 12.4. The van der Waals surface area contributed by atoms with E-state index < -0.39 is 5.97 Å². The number of ether oxygens (including phenoxy) is 2. The van der Waals surface area contributed by atoms with Crippen LogP contribution in [0.3, 0.4) is 0 Å². The zero-order valence-electron chi connectivity index (χ0n) is 12.4. The summed E-state index contributed by atoms with van der Waals surface area (Å²) in [6.07, 6.45) is 1.53. The number of unbranched alkanes of at least 4 members (excludes halogenated alkanes) is 1. The van der Waals surface area contributed by atoms with Gasteiger partial charge < -0.3 is 14.6 Å². The lowest BCUT2D eigenvalue weighted by Gasteiger charge is -2.09. The van der Waals surface area contributed by atoms with Crippen LogP contribution in [0.4, 0.5) is 0 Å². The molecule has 2 aromatic rings. The molecule has 1 N–H and O–H groups in total. The minimum Gasteiger partial charge on any atom is -0.493 e. The van der Waals surface area contributed by atoms with Crippen LogP contribution in [0.25, 0.3) is 0 Å². The maximum absolute atomic E-state index is 10.4. The Balaban J connectivity index is 1.76. The highest BCUT2D eigenvalue weighted by Crippen LogP contribution is 2.20. The van der Waals surface area contributed by atoms with E-state index in [0.29, 0.717) is 19.6 Å². The lowest BCUT2D eigenvalue weighted by molar-refractivity contribution is -0.137. The summed E-state index contributed by atoms with van der Waals surface area (Å²) in [6.45, 7) is 1.03. The topological polar surface area (TPSA) is 55.8 Å². The minimum atomic E-state index is -0.767. The summed E-state index contributed by atoms with van der Waals surface area (Å²) in [5.41, 5.74) is 1.11. The molecule has 0 aliphatic carbocycles. The second kappa shape index (κ2) is 8.72. The van der Waals surface area contributed by atoms with Crippen molar-refractivity contribution in [1.82, 2.24) is 0 Å². The van der Waals surface area contributed by atoms with Crippen molar-refractivity contribution in [3.05, 3.63) is 60.2 Å². The molecule has 0 heterocycles. The third kappa shape index (κ3) is 5.87. The molecule has 22 heavy (non-hydrogen) atoms. The van der Waals surface area contributed by atoms with Crippen LogP contribution in [-0.4, -0.2) is 17.7 Å². The molecular formula is C18H20O4. The Labute approximate surface area is 130 Å². The van der Waals surface area contributed by atoms with Crippen LogP contribution in [0.5, 0.6) is 11.5 Å². The van der Waals surface area contributed by atoms with Gasteiger partial charge in [-0.05, 0) is 30.5 Å². The Morgan fingerprint density at radius 3 is 2.36 bits per heavy atom. The highest BCUT2D eigenvalue weighted by Gasteiger charge is 2.00. The van der Waals surface area contributed by atoms with Gasteiger partial charge in [-0.25, -0.2) is 0 Å². The second-order valence-corrected chi connectivity index (χ2v) is 4.95. The van der Waals surface area contributed by atoms with E-state index in [4.69, 9.17) is 14.6 Å². The quantitative estimate of drug-likeness (QED) is 0.714. The van der Waals surface area contributed by atoms with Crippen LogP contribution in [0.2, 0.25) is 0 Å². The number of hydrogen-bond donors (Lipinski definition) is 1. The van der Waals surface area contributed by atoms with Gasteiger partial charge in [-0.15, -0.1) is 0 Å². The molecule has 0 spiro atoms. The first-order valence-corrected chi connectivity index (χ1v) is 7.35. The first-order chi connectivity index (χ1) is 10.7. The number of aliphatic carboxylic acids is 1. The Hall–Kier alpha value is -2.49. The molecule has 0 fully saturated rings. The van der Waals surface area contributed by atoms with Gasteiger partial charge in [-0.1, -0.05) is 36.4 Å². The largest absolute Gasteiger partial charge is 0.493 e. The summed E-state index contributed by atoms with van der Waals surface area (Å²) in [4.78, 5) is 10.4. The molecule has 2 rings (SSSR count). The Kier molecular flexibility index (Phi) is 6.30. The molecular weight excluding hydrogens is 280 g/mol. The number of hydrogen-bond acceptors (Lipinski definition) is 3. The van der Waals surface area contributed by atoms with Crippen molar-refractivity contribution in [2.75, 3.05) is 6.61 Å². The van der Waals surface area contributed by atoms with Gasteiger partial charge in [-0.2, -0.15) is 0 Å². The normalized spacial score (nSPS) is 10.2. The fourth-order valence-corrected chi connectivity index (χ4v) is 1.96. The number of carboxylic acids is 1. The van der Waals surface area contributed by atoms with E-state index in [2.05, 4.69) is 0 Å². The summed E-state index contributed by atoms with van der Waals surface area (Å²) >= 11 is 0. The maximum atomic E-state index is 10.4. The van der Waals surface area contributed by atoms with Crippen molar-refractivity contribution < 1.29 is 19.4 Å². The molecule has 0 saturated heterocycles. The van der Waals surface area contributed by atoms with Crippen LogP contribution in [-0.2, 0) is 11.4 Å². The maximum Gasteiger partial charge on any atom is 0.303 e. The average molecular weight is 300 g/mol. The SMILES string of the molecule is O=C(O)CCCCOc1cccc(OCc2ccccc2)c1. The molecule has 2 aromatic carbocycles. The fourth-order valence-electron chi connectivity index (χ4n) is 1.96. The Morgan fingerprint density at radius 2 is 1.64 bits per heavy atom. The molecule has 0 aliphatic heterocycles. The van der Waals surface area contributed by atoms with E-state index in [9.17, 15) is 4.79 Å². The van der Waals surface area contributed by atoms with Crippen LogP contribution in [0.15, 0.2) is 54.6 Å². The molecule has 116 valence electrons. The minimum absolute atomic E-state index is 0.184. The lowest BCUT2D eigenvalue weighted by Crippen LogP contribution is -2.01. The van der Waals surface area contributed by atoms with Gasteiger partial charge in [0.15, 0.2) is 0 Å². The highest BCUT2D eigenvalue weighted by atomic mass is 16.5. The third-order valence-electron chi connectivity index (χ3n) is 3.11. The van der Waals surface area contributed by atoms with Crippen molar-refractivity contribution in [1.29, 1.82) is 0 Å². The van der Waals surface area contributed by atoms with Crippen LogP contribution >= 0.6 is 0 Å². The van der Waals surface area contributed by atoms with E-state index in [1.807, 2.05) is 54.6 Å². The smallest absolute Gasteiger partial charge is 0.303 e. The molecule has 0 saturated carbocycles. The second-order valence-electron chi connectivity index (χ2n) is 4.95. The number of rotatable bonds is 9. The number of carboxylic acid groups (broad SMARTS) is 1. The molecule has 0 aliphatic rings. The third-order valence-corrected chi connectivity index (χ3v) is 3.11. The summed E-state index contributed by atoms with van der Waals surface area (Å²) < 4.78 is 11.3. The molecule has 0 bridgehead atoms. The first-order valence-electron chi connectivity index (χ1n) is 7.35. The number of benzene rings is 2. The summed E-state index contributed by atoms with van der Waals surface area (Å²) in [5.74, 6) is 0.726. The van der Waals surface area contributed by atoms with E-state index in [0.717, 1.165) is 23.5 Å². The molecule has 0 amide bonds. The number of carbonyl (C=O) groups is 1. The van der Waals surface area contributed by atoms with E-state index in [-0.39, 0.29) is 6.42 Å². The first kappa shape index (κ1) is 15.9. The monoisotopic (exact) mass is 300 g/mol. The van der Waals surface area contributed by atoms with Gasteiger partial charge >= 0.3 is 5.97 Å². The molecule has 0 aromatic heterocycles. The predicted octanol–water partition coefficient (Wildman–Crippen LogP) is 3.90. The molecule has 0 radical (unpaired) electrons. The van der Waals surface area contributed by atoms with Crippen molar-refractivity contribution in [3.8, 4) is 11.5 Å². The molecule has 4 heteroatoms. The van der Waals surface area contributed by atoms with Crippen molar-refractivity contribution in [2.24, 2.45) is 0 Å². The standard InChI is InChI=1S/C18H20O4/c19-18(20)11-4-5-12-21-16-9-6-10-17(13-16)22-14-15-7-2-1-3-8-15/h1-3,6-10,13H,4-5,11-12,14H2,(H,19,20). The summed E-state index contributed by atoms with van der Waals surface area (Å²) in [7, 11) is 0. The predicted molar refractivity (Wildman–Crippen MR) is 84.2 cm³/mol. The van der Waals surface area contributed by atoms with Gasteiger partial charge in [0.25, 0.3) is 0 Å². The Morgan fingerprint density at radius 1 is 0.909 bits per heavy atom. The fraction of sp³-hybridized carbons (Fsp3) is 0.278. The van der Waals surface area contributed by atoms with Crippen LogP contribution < -0.4 is 9.47 Å².